The predicted molar refractivity (Wildman–Crippen MR) is 104 cm³/mol. The second kappa shape index (κ2) is 7.26. The molecule has 146 valence electrons. The molecule has 2 saturated heterocycles. The maximum Gasteiger partial charge on any atom is 0.317 e. The van der Waals surface area contributed by atoms with Crippen molar-refractivity contribution in [1.82, 2.24) is 15.1 Å². The van der Waals surface area contributed by atoms with E-state index >= 15 is 0 Å². The summed E-state index contributed by atoms with van der Waals surface area (Å²) in [4.78, 5) is 28.0. The third-order valence-corrected chi connectivity index (χ3v) is 7.99. The summed E-state index contributed by atoms with van der Waals surface area (Å²) >= 11 is 0. The van der Waals surface area contributed by atoms with Crippen LogP contribution in [0.15, 0.2) is 24.3 Å². The molecule has 1 saturated carbocycles. The van der Waals surface area contributed by atoms with Gasteiger partial charge in [0.05, 0.1) is 10.8 Å². The van der Waals surface area contributed by atoms with E-state index in [1.54, 1.807) is 4.90 Å². The van der Waals surface area contributed by atoms with Crippen molar-refractivity contribution in [3.05, 3.63) is 35.4 Å². The van der Waals surface area contributed by atoms with E-state index in [9.17, 15) is 13.8 Å². The average molecular weight is 390 g/mol. The van der Waals surface area contributed by atoms with Crippen LogP contribution in [0.25, 0.3) is 0 Å². The lowest BCUT2D eigenvalue weighted by Crippen LogP contribution is -2.57. The van der Waals surface area contributed by atoms with Gasteiger partial charge in [-0.15, -0.1) is 0 Å². The predicted octanol–water partition coefficient (Wildman–Crippen LogP) is 2.00. The minimum atomic E-state index is -1.16. The lowest BCUT2D eigenvalue weighted by atomic mass is 10.0. The van der Waals surface area contributed by atoms with Crippen molar-refractivity contribution in [3.63, 3.8) is 0 Å². The van der Waals surface area contributed by atoms with Gasteiger partial charge in [-0.3, -0.25) is 9.00 Å². The Kier molecular flexibility index (Phi) is 4.97. The molecule has 6 nitrogen and oxygen atoms in total. The number of carbonyl (C=O) groups excluding carboxylic acids is 2. The lowest BCUT2D eigenvalue weighted by molar-refractivity contribution is -0.131. The molecule has 2 aliphatic heterocycles. The smallest absolute Gasteiger partial charge is 0.317 e. The normalized spacial score (nSPS) is 24.5. The number of carbonyl (C=O) groups is 2. The fourth-order valence-electron chi connectivity index (χ4n) is 4.05. The van der Waals surface area contributed by atoms with Gasteiger partial charge >= 0.3 is 6.03 Å². The van der Waals surface area contributed by atoms with Gasteiger partial charge in [-0.25, -0.2) is 4.79 Å². The Hall–Kier alpha value is -1.89. The van der Waals surface area contributed by atoms with Gasteiger partial charge in [0.1, 0.15) is 10.6 Å². The lowest BCUT2D eigenvalue weighted by Gasteiger charge is -2.43. The molecule has 2 heterocycles. The molecule has 4 rings (SSSR count). The molecule has 0 radical (unpaired) electrons. The number of rotatable bonds is 4. The molecule has 0 aromatic heterocycles. The SMILES string of the molecule is Cc1ccc(CNC(=O)N2CCC3(CC2)N(CC2CC2)C(=O)CS3=O)cc1. The highest BCUT2D eigenvalue weighted by molar-refractivity contribution is 7.87. The van der Waals surface area contributed by atoms with Crippen LogP contribution in [-0.2, 0) is 22.1 Å². The van der Waals surface area contributed by atoms with E-state index in [4.69, 9.17) is 0 Å². The van der Waals surface area contributed by atoms with E-state index in [0.717, 1.165) is 12.1 Å². The second-order valence-electron chi connectivity index (χ2n) is 8.02. The number of likely N-dealkylation sites (tertiary alicyclic amines) is 1. The zero-order chi connectivity index (χ0) is 19.0. The van der Waals surface area contributed by atoms with Crippen molar-refractivity contribution in [3.8, 4) is 0 Å². The molecule has 7 heteroatoms. The molecule has 1 aromatic rings. The average Bonchev–Trinajstić information content (AvgIpc) is 3.46. The van der Waals surface area contributed by atoms with Gasteiger partial charge in [0, 0.05) is 39.0 Å². The summed E-state index contributed by atoms with van der Waals surface area (Å²) in [6.45, 7) is 4.36. The monoisotopic (exact) mass is 389 g/mol. The summed E-state index contributed by atoms with van der Waals surface area (Å²) < 4.78 is 12.7. The molecular weight excluding hydrogens is 362 g/mol. The van der Waals surface area contributed by atoms with E-state index < -0.39 is 15.7 Å². The van der Waals surface area contributed by atoms with Crippen LogP contribution >= 0.6 is 0 Å². The first-order chi connectivity index (χ1) is 13.0. The fraction of sp³-hybridized carbons (Fsp3) is 0.600. The number of nitrogens with zero attached hydrogens (tertiary/aromatic N) is 2. The Bertz CT molecular complexity index is 752. The van der Waals surface area contributed by atoms with Crippen molar-refractivity contribution in [2.75, 3.05) is 25.4 Å². The molecule has 1 spiro atoms. The largest absolute Gasteiger partial charge is 0.334 e. The second-order valence-corrected chi connectivity index (χ2v) is 9.75. The van der Waals surface area contributed by atoms with Gasteiger partial charge in [-0.1, -0.05) is 29.8 Å². The van der Waals surface area contributed by atoms with Crippen LogP contribution in [0, 0.1) is 12.8 Å². The maximum atomic E-state index is 12.7. The summed E-state index contributed by atoms with van der Waals surface area (Å²) in [6.07, 6.45) is 3.55. The van der Waals surface area contributed by atoms with Gasteiger partial charge in [-0.05, 0) is 31.2 Å². The minimum Gasteiger partial charge on any atom is -0.334 e. The van der Waals surface area contributed by atoms with E-state index in [-0.39, 0.29) is 17.7 Å². The molecule has 1 aliphatic carbocycles. The zero-order valence-electron chi connectivity index (χ0n) is 15.8. The summed E-state index contributed by atoms with van der Waals surface area (Å²) in [7, 11) is -1.16. The summed E-state index contributed by atoms with van der Waals surface area (Å²) in [5.41, 5.74) is 2.27. The number of nitrogens with one attached hydrogen (secondary N) is 1. The van der Waals surface area contributed by atoms with Crippen molar-refractivity contribution in [2.45, 2.75) is 44.0 Å². The van der Waals surface area contributed by atoms with Gasteiger partial charge in [0.2, 0.25) is 5.91 Å². The maximum absolute atomic E-state index is 12.7. The Balaban J connectivity index is 1.34. The molecule has 1 atom stereocenters. The van der Waals surface area contributed by atoms with E-state index in [0.29, 0.717) is 38.4 Å². The third kappa shape index (κ3) is 3.74. The molecule has 3 amide bonds. The number of benzene rings is 1. The van der Waals surface area contributed by atoms with Crippen LogP contribution in [0.5, 0.6) is 0 Å². The Morgan fingerprint density at radius 2 is 1.89 bits per heavy atom. The number of piperidine rings is 1. The number of hydrogen-bond donors (Lipinski definition) is 1. The molecule has 1 N–H and O–H groups in total. The highest BCUT2D eigenvalue weighted by Crippen LogP contribution is 2.41. The molecule has 3 fully saturated rings. The first-order valence-corrected chi connectivity index (χ1v) is 11.1. The van der Waals surface area contributed by atoms with Crippen molar-refractivity contribution >= 4 is 22.7 Å². The van der Waals surface area contributed by atoms with Gasteiger partial charge < -0.3 is 15.1 Å². The van der Waals surface area contributed by atoms with Gasteiger partial charge in [0.25, 0.3) is 0 Å². The Morgan fingerprint density at radius 1 is 1.22 bits per heavy atom. The van der Waals surface area contributed by atoms with Crippen LogP contribution in [0.3, 0.4) is 0 Å². The number of amides is 3. The van der Waals surface area contributed by atoms with Gasteiger partial charge in [-0.2, -0.15) is 0 Å². The van der Waals surface area contributed by atoms with Crippen LogP contribution in [0.2, 0.25) is 0 Å². The number of urea groups is 1. The molecule has 27 heavy (non-hydrogen) atoms. The van der Waals surface area contributed by atoms with Crippen molar-refractivity contribution < 1.29 is 13.8 Å². The van der Waals surface area contributed by atoms with Crippen LogP contribution in [-0.4, -0.2) is 56.2 Å². The Morgan fingerprint density at radius 3 is 2.52 bits per heavy atom. The summed E-state index contributed by atoms with van der Waals surface area (Å²) in [5, 5.41) is 2.97. The fourth-order valence-corrected chi connectivity index (χ4v) is 5.76. The van der Waals surface area contributed by atoms with Crippen molar-refractivity contribution in [2.24, 2.45) is 5.92 Å². The quantitative estimate of drug-likeness (QED) is 0.856. The van der Waals surface area contributed by atoms with E-state index in [1.807, 2.05) is 36.1 Å². The number of aryl methyl sites for hydroxylation is 1. The third-order valence-electron chi connectivity index (χ3n) is 6.01. The first kappa shape index (κ1) is 18.5. The summed E-state index contributed by atoms with van der Waals surface area (Å²) in [6, 6.07) is 8.02. The number of hydrogen-bond acceptors (Lipinski definition) is 3. The standard InChI is InChI=1S/C20H27N3O3S/c1-15-2-4-16(5-3-15)12-21-19(25)22-10-8-20(9-11-22)23(13-17-6-7-17)18(24)14-27(20)26/h2-5,17H,6-14H2,1H3,(H,21,25). The topological polar surface area (TPSA) is 69.7 Å². The van der Waals surface area contributed by atoms with Crippen LogP contribution in [0.4, 0.5) is 4.79 Å². The van der Waals surface area contributed by atoms with E-state index in [2.05, 4.69) is 5.32 Å². The zero-order valence-corrected chi connectivity index (χ0v) is 16.6. The highest BCUT2D eigenvalue weighted by atomic mass is 32.2. The molecule has 0 bridgehead atoms. The molecule has 1 unspecified atom stereocenters. The van der Waals surface area contributed by atoms with E-state index in [1.165, 1.54) is 18.4 Å². The summed E-state index contributed by atoms with van der Waals surface area (Å²) in [5.74, 6) is 0.751. The van der Waals surface area contributed by atoms with Crippen molar-refractivity contribution in [1.29, 1.82) is 0 Å². The Labute approximate surface area is 162 Å². The molecule has 3 aliphatic rings. The minimum absolute atomic E-state index is 0.0255. The molecular formula is C20H27N3O3S. The first-order valence-electron chi connectivity index (χ1n) is 9.75. The van der Waals surface area contributed by atoms with Crippen LogP contribution < -0.4 is 5.32 Å². The molecule has 1 aromatic carbocycles. The van der Waals surface area contributed by atoms with Crippen LogP contribution in [0.1, 0.15) is 36.8 Å². The van der Waals surface area contributed by atoms with Gasteiger partial charge in [0.15, 0.2) is 0 Å². The highest BCUT2D eigenvalue weighted by Gasteiger charge is 2.54.